The molecule has 0 unspecified atom stereocenters. The van der Waals surface area contributed by atoms with Crippen LogP contribution in [0.5, 0.6) is 0 Å². The second-order valence-electron chi connectivity index (χ2n) is 2.50. The number of thiazole rings is 1. The van der Waals surface area contributed by atoms with Crippen LogP contribution in [0.1, 0.15) is 15.6 Å². The average Bonchev–Trinajstić information content (AvgIpc) is 2.32. The third kappa shape index (κ3) is 2.41. The van der Waals surface area contributed by atoms with Crippen LogP contribution in [0.4, 0.5) is 13.2 Å². The van der Waals surface area contributed by atoms with Crippen molar-refractivity contribution in [2.24, 2.45) is 0 Å². The van der Waals surface area contributed by atoms with Gasteiger partial charge >= 0.3 is 6.18 Å². The van der Waals surface area contributed by atoms with Crippen molar-refractivity contribution in [3.05, 3.63) is 15.6 Å². The molecule has 6 heteroatoms. The van der Waals surface area contributed by atoms with E-state index >= 15 is 0 Å². The second-order valence-corrected chi connectivity index (χ2v) is 3.58. The van der Waals surface area contributed by atoms with Gasteiger partial charge < -0.3 is 5.11 Å². The van der Waals surface area contributed by atoms with E-state index in [0.29, 0.717) is 21.9 Å². The highest BCUT2D eigenvalue weighted by atomic mass is 32.1. The Balaban J connectivity index is 2.95. The summed E-state index contributed by atoms with van der Waals surface area (Å²) in [5.41, 5.74) is 0.353. The lowest BCUT2D eigenvalue weighted by Gasteiger charge is -1.98. The van der Waals surface area contributed by atoms with Crippen LogP contribution in [-0.2, 0) is 12.6 Å². The molecule has 0 spiro atoms. The first kappa shape index (κ1) is 10.5. The van der Waals surface area contributed by atoms with Gasteiger partial charge in [-0.2, -0.15) is 13.2 Å². The number of aliphatic hydroxyl groups is 1. The van der Waals surface area contributed by atoms with Crippen molar-refractivity contribution in [1.29, 1.82) is 0 Å². The zero-order valence-corrected chi connectivity index (χ0v) is 7.67. The van der Waals surface area contributed by atoms with Gasteiger partial charge in [-0.15, -0.1) is 11.3 Å². The summed E-state index contributed by atoms with van der Waals surface area (Å²) in [6, 6.07) is 0. The molecule has 1 aromatic rings. The Labute approximate surface area is 77.0 Å². The molecule has 2 nitrogen and oxygen atoms in total. The molecule has 1 heterocycles. The van der Waals surface area contributed by atoms with Gasteiger partial charge in [0.05, 0.1) is 5.69 Å². The van der Waals surface area contributed by atoms with Crippen LogP contribution >= 0.6 is 11.3 Å². The first-order valence-corrected chi connectivity index (χ1v) is 4.41. The van der Waals surface area contributed by atoms with Crippen molar-refractivity contribution >= 4 is 11.3 Å². The summed E-state index contributed by atoms with van der Waals surface area (Å²) < 4.78 is 36.3. The minimum Gasteiger partial charge on any atom is -0.396 e. The van der Waals surface area contributed by atoms with Crippen LogP contribution in [0.15, 0.2) is 0 Å². The van der Waals surface area contributed by atoms with E-state index in [2.05, 4.69) is 4.98 Å². The molecule has 1 N–H and O–H groups in total. The summed E-state index contributed by atoms with van der Waals surface area (Å²) >= 11 is 0.595. The Morgan fingerprint density at radius 2 is 2.08 bits per heavy atom. The fraction of sp³-hybridized carbons (Fsp3) is 0.571. The van der Waals surface area contributed by atoms with Crippen molar-refractivity contribution in [3.63, 3.8) is 0 Å². The molecular formula is C7H8F3NOS. The topological polar surface area (TPSA) is 33.1 Å². The Hall–Kier alpha value is -0.620. The minimum absolute atomic E-state index is 0.152. The van der Waals surface area contributed by atoms with Crippen LogP contribution in [0.25, 0.3) is 0 Å². The number of alkyl halides is 3. The zero-order chi connectivity index (χ0) is 10.1. The molecule has 1 aromatic heterocycles. The molecule has 0 aliphatic carbocycles. The van der Waals surface area contributed by atoms with Crippen molar-refractivity contribution in [3.8, 4) is 0 Å². The van der Waals surface area contributed by atoms with E-state index in [1.807, 2.05) is 0 Å². The lowest BCUT2D eigenvalue weighted by atomic mass is 10.3. The number of hydrogen-bond donors (Lipinski definition) is 1. The number of aliphatic hydroxyl groups excluding tert-OH is 1. The Bertz CT molecular complexity index is 294. The van der Waals surface area contributed by atoms with Crippen molar-refractivity contribution < 1.29 is 18.3 Å². The Kier molecular flexibility index (Phi) is 2.92. The van der Waals surface area contributed by atoms with Crippen LogP contribution in [0, 0.1) is 6.92 Å². The fourth-order valence-corrected chi connectivity index (χ4v) is 1.80. The van der Waals surface area contributed by atoms with Gasteiger partial charge in [-0.3, -0.25) is 0 Å². The monoisotopic (exact) mass is 211 g/mol. The van der Waals surface area contributed by atoms with E-state index in [9.17, 15) is 13.2 Å². The largest absolute Gasteiger partial charge is 0.443 e. The molecule has 0 aromatic carbocycles. The minimum atomic E-state index is -4.37. The standard InChI is InChI=1S/C7H8F3NOS/c1-4-5(2-3-12)13-6(11-4)7(8,9)10/h12H,2-3H2,1H3. The number of hydrogen-bond acceptors (Lipinski definition) is 3. The zero-order valence-electron chi connectivity index (χ0n) is 6.85. The summed E-state index contributed by atoms with van der Waals surface area (Å²) in [7, 11) is 0. The van der Waals surface area contributed by atoms with Gasteiger partial charge in [0.2, 0.25) is 0 Å². The molecule has 0 atom stereocenters. The maximum Gasteiger partial charge on any atom is 0.443 e. The third-order valence-electron chi connectivity index (χ3n) is 1.47. The van der Waals surface area contributed by atoms with Crippen molar-refractivity contribution in [1.82, 2.24) is 4.98 Å². The lowest BCUT2D eigenvalue weighted by Crippen LogP contribution is -2.03. The fourth-order valence-electron chi connectivity index (χ4n) is 0.883. The second kappa shape index (κ2) is 3.63. The molecular weight excluding hydrogens is 203 g/mol. The van der Waals surface area contributed by atoms with Crippen LogP contribution in [-0.4, -0.2) is 16.7 Å². The smallest absolute Gasteiger partial charge is 0.396 e. The normalized spacial score (nSPS) is 12.1. The number of aromatic nitrogens is 1. The van der Waals surface area contributed by atoms with E-state index in [-0.39, 0.29) is 13.0 Å². The van der Waals surface area contributed by atoms with E-state index in [0.717, 1.165) is 0 Å². The highest BCUT2D eigenvalue weighted by molar-refractivity contribution is 7.11. The Morgan fingerprint density at radius 3 is 2.46 bits per heavy atom. The molecule has 13 heavy (non-hydrogen) atoms. The Morgan fingerprint density at radius 1 is 1.46 bits per heavy atom. The molecule has 0 saturated carbocycles. The summed E-state index contributed by atoms with van der Waals surface area (Å²) in [5, 5.41) is 7.71. The van der Waals surface area contributed by atoms with Crippen LogP contribution in [0.2, 0.25) is 0 Å². The van der Waals surface area contributed by atoms with Crippen molar-refractivity contribution in [2.45, 2.75) is 19.5 Å². The summed E-state index contributed by atoms with van der Waals surface area (Å²) in [6.45, 7) is 1.36. The molecule has 0 bridgehead atoms. The maximum atomic E-state index is 12.1. The van der Waals surface area contributed by atoms with Crippen LogP contribution in [0.3, 0.4) is 0 Å². The molecule has 74 valence electrons. The maximum absolute atomic E-state index is 12.1. The number of rotatable bonds is 2. The molecule has 0 aliphatic heterocycles. The number of halogens is 3. The predicted molar refractivity (Wildman–Crippen MR) is 42.6 cm³/mol. The predicted octanol–water partition coefficient (Wildman–Crippen LogP) is 2.01. The summed E-state index contributed by atoms with van der Waals surface area (Å²) in [6.07, 6.45) is -4.14. The summed E-state index contributed by atoms with van der Waals surface area (Å²) in [4.78, 5) is 3.88. The molecule has 0 saturated heterocycles. The lowest BCUT2D eigenvalue weighted by molar-refractivity contribution is -0.137. The first-order chi connectivity index (χ1) is 5.95. The van der Waals surface area contributed by atoms with Gasteiger partial charge in [-0.05, 0) is 6.92 Å². The van der Waals surface area contributed by atoms with Gasteiger partial charge in [0.1, 0.15) is 0 Å². The highest BCUT2D eigenvalue weighted by Crippen LogP contribution is 2.33. The van der Waals surface area contributed by atoms with Gasteiger partial charge in [0.25, 0.3) is 0 Å². The third-order valence-corrected chi connectivity index (χ3v) is 2.74. The SMILES string of the molecule is Cc1nc(C(F)(F)F)sc1CCO. The molecule has 1 rings (SSSR count). The quantitative estimate of drug-likeness (QED) is 0.811. The molecule has 0 radical (unpaired) electrons. The van der Waals surface area contributed by atoms with Crippen LogP contribution < -0.4 is 0 Å². The molecule has 0 aliphatic rings. The first-order valence-electron chi connectivity index (χ1n) is 3.59. The van der Waals surface area contributed by atoms with Crippen molar-refractivity contribution in [2.75, 3.05) is 6.61 Å². The van der Waals surface area contributed by atoms with Gasteiger partial charge in [0.15, 0.2) is 5.01 Å². The number of nitrogens with zero attached hydrogens (tertiary/aromatic N) is 1. The van der Waals surface area contributed by atoms with E-state index in [4.69, 9.17) is 5.11 Å². The van der Waals surface area contributed by atoms with Gasteiger partial charge in [0, 0.05) is 17.9 Å². The average molecular weight is 211 g/mol. The van der Waals surface area contributed by atoms with E-state index < -0.39 is 11.2 Å². The molecule has 0 fully saturated rings. The highest BCUT2D eigenvalue weighted by Gasteiger charge is 2.35. The van der Waals surface area contributed by atoms with E-state index in [1.54, 1.807) is 0 Å². The van der Waals surface area contributed by atoms with Gasteiger partial charge in [-0.25, -0.2) is 4.98 Å². The van der Waals surface area contributed by atoms with E-state index in [1.165, 1.54) is 6.92 Å². The summed E-state index contributed by atoms with van der Waals surface area (Å²) in [5.74, 6) is 0. The molecule has 0 amide bonds. The number of aryl methyl sites for hydroxylation is 1. The van der Waals surface area contributed by atoms with Gasteiger partial charge in [-0.1, -0.05) is 0 Å².